The molecule has 20 heavy (non-hydrogen) atoms. The molecule has 0 fully saturated rings. The number of aromatic nitrogens is 4. The second-order valence-electron chi connectivity index (χ2n) is 4.64. The summed E-state index contributed by atoms with van der Waals surface area (Å²) in [5.41, 5.74) is 0.816. The zero-order valence-corrected chi connectivity index (χ0v) is 11.3. The minimum absolute atomic E-state index is 0.0879. The molecule has 0 spiro atoms. The number of nitrogens with zero attached hydrogens (tertiary/aromatic N) is 4. The topological polar surface area (TPSA) is 90.1 Å². The molecule has 2 rings (SSSR count). The summed E-state index contributed by atoms with van der Waals surface area (Å²) >= 11 is 0. The third kappa shape index (κ3) is 3.53. The maximum atomic E-state index is 11.0. The van der Waals surface area contributed by atoms with Gasteiger partial charge in [0.2, 0.25) is 0 Å². The van der Waals surface area contributed by atoms with E-state index < -0.39 is 12.0 Å². The van der Waals surface area contributed by atoms with Crippen molar-refractivity contribution in [3.05, 3.63) is 36.2 Å². The van der Waals surface area contributed by atoms with E-state index in [0.717, 1.165) is 11.3 Å². The summed E-state index contributed by atoms with van der Waals surface area (Å²) in [6.07, 6.45) is 1.41. The number of tetrazole rings is 1. The summed E-state index contributed by atoms with van der Waals surface area (Å²) in [6.45, 7) is 3.89. The van der Waals surface area contributed by atoms with E-state index in [0.29, 0.717) is 0 Å². The number of hydrogen-bond acceptors (Lipinski definition) is 5. The van der Waals surface area contributed by atoms with Gasteiger partial charge in [0, 0.05) is 0 Å². The average Bonchev–Trinajstić information content (AvgIpc) is 2.90. The Morgan fingerprint density at radius 3 is 2.55 bits per heavy atom. The van der Waals surface area contributed by atoms with Gasteiger partial charge >= 0.3 is 5.97 Å². The fourth-order valence-electron chi connectivity index (χ4n) is 1.88. The van der Waals surface area contributed by atoms with Crippen LogP contribution in [-0.4, -0.2) is 37.4 Å². The Balaban J connectivity index is 2.23. The highest BCUT2D eigenvalue weighted by atomic mass is 16.5. The van der Waals surface area contributed by atoms with Crippen LogP contribution in [0.4, 0.5) is 0 Å². The minimum Gasteiger partial charge on any atom is -0.491 e. The maximum absolute atomic E-state index is 11.0. The molecule has 0 aliphatic heterocycles. The number of rotatable bonds is 6. The van der Waals surface area contributed by atoms with Gasteiger partial charge in [-0.2, -0.15) is 0 Å². The van der Waals surface area contributed by atoms with Crippen LogP contribution in [0.15, 0.2) is 30.6 Å². The van der Waals surface area contributed by atoms with Crippen molar-refractivity contribution in [2.75, 3.05) is 0 Å². The SMILES string of the molecule is CC(C)Oc1ccc(C(CC(=O)O)n2cnnn2)cc1. The standard InChI is InChI=1S/C13H16N4O3/c1-9(2)20-11-5-3-10(4-6-11)12(7-13(18)19)17-8-14-15-16-17/h3-6,8-9,12H,7H2,1-2H3,(H,18,19). The van der Waals surface area contributed by atoms with Gasteiger partial charge < -0.3 is 9.84 Å². The predicted octanol–water partition coefficient (Wildman–Crippen LogP) is 1.52. The Hall–Kier alpha value is -2.44. The molecule has 1 aromatic heterocycles. The molecule has 106 valence electrons. The van der Waals surface area contributed by atoms with Crippen LogP contribution in [-0.2, 0) is 4.79 Å². The number of hydrogen-bond donors (Lipinski definition) is 1. The van der Waals surface area contributed by atoms with Crippen molar-refractivity contribution in [2.24, 2.45) is 0 Å². The lowest BCUT2D eigenvalue weighted by Crippen LogP contribution is -2.16. The van der Waals surface area contributed by atoms with Crippen LogP contribution in [0.5, 0.6) is 5.75 Å². The number of carbonyl (C=O) groups is 1. The zero-order valence-electron chi connectivity index (χ0n) is 11.3. The molecule has 1 aromatic carbocycles. The Labute approximate surface area is 116 Å². The van der Waals surface area contributed by atoms with Crippen molar-refractivity contribution in [2.45, 2.75) is 32.4 Å². The lowest BCUT2D eigenvalue weighted by molar-refractivity contribution is -0.137. The van der Waals surface area contributed by atoms with E-state index >= 15 is 0 Å². The van der Waals surface area contributed by atoms with Gasteiger partial charge in [0.25, 0.3) is 0 Å². The van der Waals surface area contributed by atoms with Crippen LogP contribution in [0, 0.1) is 0 Å². The van der Waals surface area contributed by atoms with Crippen molar-refractivity contribution >= 4 is 5.97 Å². The van der Waals surface area contributed by atoms with E-state index in [-0.39, 0.29) is 12.5 Å². The summed E-state index contributed by atoms with van der Waals surface area (Å²) in [4.78, 5) is 11.0. The lowest BCUT2D eigenvalue weighted by Gasteiger charge is -2.16. The average molecular weight is 276 g/mol. The second-order valence-corrected chi connectivity index (χ2v) is 4.64. The number of aliphatic carboxylic acids is 1. The summed E-state index contributed by atoms with van der Waals surface area (Å²) in [5.74, 6) is -0.164. The molecule has 2 aromatic rings. The van der Waals surface area contributed by atoms with E-state index in [1.54, 1.807) is 0 Å². The van der Waals surface area contributed by atoms with Crippen LogP contribution >= 0.6 is 0 Å². The van der Waals surface area contributed by atoms with E-state index in [2.05, 4.69) is 15.5 Å². The molecular formula is C13H16N4O3. The first-order valence-corrected chi connectivity index (χ1v) is 6.27. The fraction of sp³-hybridized carbons (Fsp3) is 0.385. The first-order chi connectivity index (χ1) is 9.56. The fourth-order valence-corrected chi connectivity index (χ4v) is 1.88. The van der Waals surface area contributed by atoms with Crippen LogP contribution in [0.1, 0.15) is 31.9 Å². The lowest BCUT2D eigenvalue weighted by atomic mass is 10.0. The van der Waals surface area contributed by atoms with Crippen LogP contribution in [0.2, 0.25) is 0 Å². The second kappa shape index (κ2) is 6.14. The number of carboxylic acids is 1. The van der Waals surface area contributed by atoms with Gasteiger partial charge in [0.1, 0.15) is 12.1 Å². The molecule has 0 bridgehead atoms. The van der Waals surface area contributed by atoms with Gasteiger partial charge in [-0.05, 0) is 42.0 Å². The van der Waals surface area contributed by atoms with Crippen LogP contribution < -0.4 is 4.74 Å². The van der Waals surface area contributed by atoms with Gasteiger partial charge in [0.05, 0.1) is 18.6 Å². The first kappa shape index (κ1) is 14.0. The summed E-state index contributed by atoms with van der Waals surface area (Å²) < 4.78 is 6.99. The Bertz CT molecular complexity index is 552. The monoisotopic (exact) mass is 276 g/mol. The van der Waals surface area contributed by atoms with E-state index in [1.807, 2.05) is 38.1 Å². The third-order valence-electron chi connectivity index (χ3n) is 2.69. The highest BCUT2D eigenvalue weighted by molar-refractivity contribution is 5.68. The number of ether oxygens (including phenoxy) is 1. The van der Waals surface area contributed by atoms with Crippen molar-refractivity contribution in [1.29, 1.82) is 0 Å². The Morgan fingerprint density at radius 1 is 1.35 bits per heavy atom. The quantitative estimate of drug-likeness (QED) is 0.860. The van der Waals surface area contributed by atoms with Crippen molar-refractivity contribution < 1.29 is 14.6 Å². The van der Waals surface area contributed by atoms with Crippen molar-refractivity contribution in [3.63, 3.8) is 0 Å². The molecule has 1 N–H and O–H groups in total. The summed E-state index contributed by atoms with van der Waals surface area (Å²) in [6, 6.07) is 6.85. The molecule has 0 saturated heterocycles. The number of carboxylic acid groups (broad SMARTS) is 1. The normalized spacial score (nSPS) is 12.3. The van der Waals surface area contributed by atoms with Crippen LogP contribution in [0.3, 0.4) is 0 Å². The Kier molecular flexibility index (Phi) is 4.29. The highest BCUT2D eigenvalue weighted by Crippen LogP contribution is 2.23. The summed E-state index contributed by atoms with van der Waals surface area (Å²) in [5, 5.41) is 19.9. The molecule has 7 heteroatoms. The molecular weight excluding hydrogens is 260 g/mol. The van der Waals surface area contributed by atoms with Crippen LogP contribution in [0.25, 0.3) is 0 Å². The predicted molar refractivity (Wildman–Crippen MR) is 70.4 cm³/mol. The molecule has 0 amide bonds. The molecule has 7 nitrogen and oxygen atoms in total. The van der Waals surface area contributed by atoms with Crippen molar-refractivity contribution in [3.8, 4) is 5.75 Å². The molecule has 0 radical (unpaired) electrons. The molecule has 1 unspecified atom stereocenters. The smallest absolute Gasteiger partial charge is 0.305 e. The van der Waals surface area contributed by atoms with Gasteiger partial charge in [-0.3, -0.25) is 4.79 Å². The maximum Gasteiger partial charge on any atom is 0.305 e. The molecule has 0 aliphatic carbocycles. The molecule has 0 aliphatic rings. The summed E-state index contributed by atoms with van der Waals surface area (Å²) in [7, 11) is 0. The van der Waals surface area contributed by atoms with Crippen molar-refractivity contribution in [1.82, 2.24) is 20.2 Å². The van der Waals surface area contributed by atoms with E-state index in [4.69, 9.17) is 9.84 Å². The van der Waals surface area contributed by atoms with E-state index in [1.165, 1.54) is 11.0 Å². The molecule has 1 atom stereocenters. The van der Waals surface area contributed by atoms with Gasteiger partial charge in [-0.15, -0.1) is 5.10 Å². The number of benzene rings is 1. The van der Waals surface area contributed by atoms with Gasteiger partial charge in [0.15, 0.2) is 0 Å². The Morgan fingerprint density at radius 2 is 2.05 bits per heavy atom. The minimum atomic E-state index is -0.909. The third-order valence-corrected chi connectivity index (χ3v) is 2.69. The zero-order chi connectivity index (χ0) is 14.5. The van der Waals surface area contributed by atoms with Gasteiger partial charge in [-0.25, -0.2) is 4.68 Å². The van der Waals surface area contributed by atoms with E-state index in [9.17, 15) is 4.79 Å². The highest BCUT2D eigenvalue weighted by Gasteiger charge is 2.18. The largest absolute Gasteiger partial charge is 0.491 e. The van der Waals surface area contributed by atoms with Gasteiger partial charge in [-0.1, -0.05) is 12.1 Å². The first-order valence-electron chi connectivity index (χ1n) is 6.27. The molecule has 1 heterocycles. The molecule has 0 saturated carbocycles.